The van der Waals surface area contributed by atoms with Crippen LogP contribution < -0.4 is 5.32 Å². The van der Waals surface area contributed by atoms with Crippen molar-refractivity contribution in [3.8, 4) is 5.69 Å². The van der Waals surface area contributed by atoms with E-state index < -0.39 is 11.7 Å². The molecule has 3 aromatic rings. The van der Waals surface area contributed by atoms with Crippen molar-refractivity contribution in [3.05, 3.63) is 58.0 Å². The number of aromatic nitrogens is 4. The Morgan fingerprint density at radius 3 is 2.43 bits per heavy atom. The Bertz CT molecular complexity index is 1040. The highest BCUT2D eigenvalue weighted by molar-refractivity contribution is 7.99. The van der Waals surface area contributed by atoms with Gasteiger partial charge in [0.2, 0.25) is 11.1 Å². The van der Waals surface area contributed by atoms with Crippen LogP contribution in [0.25, 0.3) is 5.69 Å². The van der Waals surface area contributed by atoms with Crippen molar-refractivity contribution >= 4 is 40.9 Å². The second kappa shape index (κ2) is 9.23. The lowest BCUT2D eigenvalue weighted by Gasteiger charge is -2.11. The molecule has 2 aromatic heterocycles. The summed E-state index contributed by atoms with van der Waals surface area (Å²) in [5.41, 5.74) is -0.268. The van der Waals surface area contributed by atoms with E-state index in [1.165, 1.54) is 13.0 Å². The minimum absolute atomic E-state index is 0.185. The van der Waals surface area contributed by atoms with Crippen LogP contribution in [0.1, 0.15) is 18.3 Å². The Labute approximate surface area is 183 Å². The zero-order chi connectivity index (χ0) is 21.9. The summed E-state index contributed by atoms with van der Waals surface area (Å²) in [5.74, 6) is 0.326. The van der Waals surface area contributed by atoms with E-state index >= 15 is 0 Å². The summed E-state index contributed by atoms with van der Waals surface area (Å²) in [6.07, 6.45) is -3.35. The molecule has 0 bridgehead atoms. The summed E-state index contributed by atoms with van der Waals surface area (Å²) >= 11 is 13.3. The van der Waals surface area contributed by atoms with Gasteiger partial charge in [-0.1, -0.05) is 23.2 Å². The molecule has 0 aliphatic carbocycles. The molecule has 12 heteroatoms. The van der Waals surface area contributed by atoms with Gasteiger partial charge in [0, 0.05) is 36.1 Å². The largest absolute Gasteiger partial charge is 0.417 e. The first-order valence-electron chi connectivity index (χ1n) is 8.50. The molecule has 0 fully saturated rings. The van der Waals surface area contributed by atoms with Gasteiger partial charge in [-0.05, 0) is 42.1 Å². The van der Waals surface area contributed by atoms with E-state index in [4.69, 9.17) is 23.2 Å². The van der Waals surface area contributed by atoms with Crippen molar-refractivity contribution < 1.29 is 18.0 Å². The standard InChI is InChI=1S/C18H14Cl2F3N5OS/c1-10(29)24-5-4-15-26-27-17(28(15)14-7-12(19)6-13(20)8-14)30-16-3-2-11(9-25-16)18(21,22)23/h2-3,6-9H,4-5H2,1H3,(H,24,29). The highest BCUT2D eigenvalue weighted by atomic mass is 35.5. The van der Waals surface area contributed by atoms with E-state index in [0.717, 1.165) is 24.0 Å². The predicted octanol–water partition coefficient (Wildman–Crippen LogP) is 4.82. The maximum absolute atomic E-state index is 12.8. The SMILES string of the molecule is CC(=O)NCCc1nnc(Sc2ccc(C(F)(F)F)cn2)n1-c1cc(Cl)cc(Cl)c1. The number of pyridine rings is 1. The molecule has 0 aliphatic heterocycles. The van der Waals surface area contributed by atoms with E-state index in [0.29, 0.717) is 44.7 Å². The van der Waals surface area contributed by atoms with Gasteiger partial charge in [-0.3, -0.25) is 9.36 Å². The van der Waals surface area contributed by atoms with E-state index in [2.05, 4.69) is 20.5 Å². The van der Waals surface area contributed by atoms with Gasteiger partial charge in [-0.25, -0.2) is 4.98 Å². The number of benzene rings is 1. The average Bonchev–Trinajstić information content (AvgIpc) is 3.03. The number of carbonyl (C=O) groups excluding carboxylic acids is 1. The molecule has 1 amide bonds. The van der Waals surface area contributed by atoms with Crippen LogP contribution in [0.2, 0.25) is 10.0 Å². The zero-order valence-corrected chi connectivity index (χ0v) is 17.7. The summed E-state index contributed by atoms with van der Waals surface area (Å²) in [4.78, 5) is 15.0. The van der Waals surface area contributed by atoms with Gasteiger partial charge >= 0.3 is 6.18 Å². The fraction of sp³-hybridized carbons (Fsp3) is 0.222. The molecule has 0 spiro atoms. The van der Waals surface area contributed by atoms with E-state index in [1.807, 2.05) is 0 Å². The lowest BCUT2D eigenvalue weighted by Crippen LogP contribution is -2.23. The van der Waals surface area contributed by atoms with E-state index in [-0.39, 0.29) is 5.91 Å². The monoisotopic (exact) mass is 475 g/mol. The van der Waals surface area contributed by atoms with Crippen molar-refractivity contribution in [1.29, 1.82) is 0 Å². The zero-order valence-electron chi connectivity index (χ0n) is 15.4. The van der Waals surface area contributed by atoms with E-state index in [9.17, 15) is 18.0 Å². The third-order valence-corrected chi connectivity index (χ3v) is 5.12. The summed E-state index contributed by atoms with van der Waals surface area (Å²) in [6.45, 7) is 1.73. The predicted molar refractivity (Wildman–Crippen MR) is 107 cm³/mol. The van der Waals surface area contributed by atoms with Gasteiger partial charge in [0.15, 0.2) is 0 Å². The van der Waals surface area contributed by atoms with Crippen molar-refractivity contribution in [3.63, 3.8) is 0 Å². The molecule has 0 saturated heterocycles. The number of nitrogens with one attached hydrogen (secondary N) is 1. The molecule has 1 aromatic carbocycles. The Morgan fingerprint density at radius 1 is 1.17 bits per heavy atom. The summed E-state index contributed by atoms with van der Waals surface area (Å²) in [5, 5.41) is 12.4. The Kier molecular flexibility index (Phi) is 6.89. The normalized spacial score (nSPS) is 11.5. The van der Waals surface area contributed by atoms with Crippen LogP contribution in [0, 0.1) is 0 Å². The Morgan fingerprint density at radius 2 is 1.87 bits per heavy atom. The van der Waals surface area contributed by atoms with Gasteiger partial charge in [-0.15, -0.1) is 10.2 Å². The highest BCUT2D eigenvalue weighted by Crippen LogP contribution is 2.33. The molecule has 158 valence electrons. The fourth-order valence-corrected chi connectivity index (χ4v) is 3.84. The summed E-state index contributed by atoms with van der Waals surface area (Å²) in [7, 11) is 0. The first-order chi connectivity index (χ1) is 14.1. The molecule has 0 saturated carbocycles. The average molecular weight is 476 g/mol. The minimum atomic E-state index is -4.47. The Balaban J connectivity index is 1.95. The lowest BCUT2D eigenvalue weighted by molar-refractivity contribution is -0.137. The number of amides is 1. The molecule has 0 atom stereocenters. The van der Waals surface area contributed by atoms with Crippen molar-refractivity contribution in [1.82, 2.24) is 25.1 Å². The topological polar surface area (TPSA) is 72.7 Å². The number of halogens is 5. The quantitative estimate of drug-likeness (QED) is 0.553. The second-order valence-electron chi connectivity index (χ2n) is 6.08. The molecular formula is C18H14Cl2F3N5OS. The Hall–Kier alpha value is -2.30. The van der Waals surface area contributed by atoms with Crippen LogP contribution in [0.3, 0.4) is 0 Å². The highest BCUT2D eigenvalue weighted by Gasteiger charge is 2.30. The molecule has 3 rings (SSSR count). The van der Waals surface area contributed by atoms with Crippen LogP contribution in [0.5, 0.6) is 0 Å². The minimum Gasteiger partial charge on any atom is -0.356 e. The molecule has 6 nitrogen and oxygen atoms in total. The third-order valence-electron chi connectivity index (χ3n) is 3.79. The van der Waals surface area contributed by atoms with Crippen LogP contribution >= 0.6 is 35.0 Å². The molecule has 0 aliphatic rings. The smallest absolute Gasteiger partial charge is 0.356 e. The van der Waals surface area contributed by atoms with E-state index in [1.54, 1.807) is 22.8 Å². The van der Waals surface area contributed by atoms with Crippen molar-refractivity contribution in [2.24, 2.45) is 0 Å². The number of carbonyl (C=O) groups is 1. The van der Waals surface area contributed by atoms with Gasteiger partial charge in [0.05, 0.1) is 11.3 Å². The van der Waals surface area contributed by atoms with Crippen LogP contribution in [0.4, 0.5) is 13.2 Å². The molecule has 1 N–H and O–H groups in total. The second-order valence-corrected chi connectivity index (χ2v) is 7.94. The number of hydrogen-bond donors (Lipinski definition) is 1. The number of nitrogens with zero attached hydrogens (tertiary/aromatic N) is 4. The first kappa shape index (κ1) is 22.4. The molecule has 0 radical (unpaired) electrons. The van der Waals surface area contributed by atoms with Crippen molar-refractivity contribution in [2.45, 2.75) is 29.7 Å². The maximum atomic E-state index is 12.8. The number of rotatable bonds is 6. The van der Waals surface area contributed by atoms with Crippen molar-refractivity contribution in [2.75, 3.05) is 6.54 Å². The van der Waals surface area contributed by atoms with Gasteiger partial charge < -0.3 is 5.32 Å². The maximum Gasteiger partial charge on any atom is 0.417 e. The molecule has 2 heterocycles. The fourth-order valence-electron chi connectivity index (χ4n) is 2.51. The summed E-state index contributed by atoms with van der Waals surface area (Å²) in [6, 6.07) is 7.09. The van der Waals surface area contributed by atoms with Gasteiger partial charge in [0.25, 0.3) is 0 Å². The van der Waals surface area contributed by atoms with Crippen LogP contribution in [0.15, 0.2) is 46.7 Å². The first-order valence-corrected chi connectivity index (χ1v) is 10.1. The lowest BCUT2D eigenvalue weighted by atomic mass is 10.3. The molecule has 30 heavy (non-hydrogen) atoms. The van der Waals surface area contributed by atoms with Gasteiger partial charge in [0.1, 0.15) is 10.9 Å². The number of alkyl halides is 3. The third kappa shape index (κ3) is 5.65. The number of hydrogen-bond acceptors (Lipinski definition) is 5. The molecule has 0 unspecified atom stereocenters. The van der Waals surface area contributed by atoms with Crippen LogP contribution in [-0.4, -0.2) is 32.2 Å². The molecular weight excluding hydrogens is 462 g/mol. The van der Waals surface area contributed by atoms with Gasteiger partial charge in [-0.2, -0.15) is 13.2 Å². The van der Waals surface area contributed by atoms with Crippen LogP contribution in [-0.2, 0) is 17.4 Å². The summed E-state index contributed by atoms with van der Waals surface area (Å²) < 4.78 is 39.9.